The molecule has 0 radical (unpaired) electrons. The van der Waals surface area contributed by atoms with Crippen molar-refractivity contribution in [2.45, 2.75) is 32.6 Å². The SMILES string of the molecule is CCC1(C(=O)O)CCN(C(=O)NCC2CCN(C)CC2)C1. The number of hydrogen-bond acceptors (Lipinski definition) is 3. The Morgan fingerprint density at radius 1 is 1.29 bits per heavy atom. The number of carbonyl (C=O) groups is 2. The fourth-order valence-electron chi connectivity index (χ4n) is 3.27. The second-order valence-corrected chi connectivity index (χ2v) is 6.54. The molecule has 21 heavy (non-hydrogen) atoms. The van der Waals surface area contributed by atoms with Crippen LogP contribution in [-0.2, 0) is 4.79 Å². The molecule has 2 aliphatic heterocycles. The van der Waals surface area contributed by atoms with Crippen LogP contribution in [0.15, 0.2) is 0 Å². The Labute approximate surface area is 126 Å². The first-order valence-corrected chi connectivity index (χ1v) is 7.91. The summed E-state index contributed by atoms with van der Waals surface area (Å²) in [6.45, 7) is 5.63. The smallest absolute Gasteiger partial charge is 0.317 e. The van der Waals surface area contributed by atoms with Crippen LogP contribution < -0.4 is 5.32 Å². The molecule has 1 atom stereocenters. The molecule has 2 amide bonds. The van der Waals surface area contributed by atoms with Crippen LogP contribution in [0.25, 0.3) is 0 Å². The van der Waals surface area contributed by atoms with Crippen molar-refractivity contribution in [3.8, 4) is 0 Å². The van der Waals surface area contributed by atoms with Gasteiger partial charge >= 0.3 is 12.0 Å². The molecule has 0 spiro atoms. The predicted octanol–water partition coefficient (Wildman–Crippen LogP) is 1.22. The first-order chi connectivity index (χ1) is 9.97. The molecule has 2 rings (SSSR count). The summed E-state index contributed by atoms with van der Waals surface area (Å²) >= 11 is 0. The number of piperidine rings is 1. The number of carboxylic acids is 1. The molecule has 6 heteroatoms. The highest BCUT2D eigenvalue weighted by molar-refractivity contribution is 5.79. The van der Waals surface area contributed by atoms with E-state index in [2.05, 4.69) is 17.3 Å². The van der Waals surface area contributed by atoms with Crippen molar-refractivity contribution >= 4 is 12.0 Å². The lowest BCUT2D eigenvalue weighted by atomic mass is 9.84. The minimum atomic E-state index is -0.782. The lowest BCUT2D eigenvalue weighted by molar-refractivity contribution is -0.148. The summed E-state index contributed by atoms with van der Waals surface area (Å²) < 4.78 is 0. The van der Waals surface area contributed by atoms with Crippen molar-refractivity contribution < 1.29 is 14.7 Å². The van der Waals surface area contributed by atoms with Gasteiger partial charge in [0.25, 0.3) is 0 Å². The number of urea groups is 1. The summed E-state index contributed by atoms with van der Waals surface area (Å²) in [4.78, 5) is 27.6. The second kappa shape index (κ2) is 6.64. The number of likely N-dealkylation sites (tertiary alicyclic amines) is 2. The van der Waals surface area contributed by atoms with E-state index in [1.54, 1.807) is 4.90 Å². The van der Waals surface area contributed by atoms with Crippen LogP contribution in [0.3, 0.4) is 0 Å². The fourth-order valence-corrected chi connectivity index (χ4v) is 3.27. The van der Waals surface area contributed by atoms with E-state index >= 15 is 0 Å². The molecule has 0 aromatic rings. The highest BCUT2D eigenvalue weighted by atomic mass is 16.4. The highest BCUT2D eigenvalue weighted by Gasteiger charge is 2.44. The van der Waals surface area contributed by atoms with E-state index in [0.717, 1.165) is 25.9 Å². The van der Waals surface area contributed by atoms with Gasteiger partial charge in [0, 0.05) is 19.6 Å². The van der Waals surface area contributed by atoms with Crippen LogP contribution in [0.1, 0.15) is 32.6 Å². The minimum absolute atomic E-state index is 0.106. The zero-order valence-electron chi connectivity index (χ0n) is 13.1. The van der Waals surface area contributed by atoms with Gasteiger partial charge in [-0.3, -0.25) is 4.79 Å². The fraction of sp³-hybridized carbons (Fsp3) is 0.867. The molecule has 0 bridgehead atoms. The summed E-state index contributed by atoms with van der Waals surface area (Å²) in [5.74, 6) is -0.237. The third-order valence-electron chi connectivity index (χ3n) is 5.15. The number of hydrogen-bond donors (Lipinski definition) is 2. The number of nitrogens with zero attached hydrogens (tertiary/aromatic N) is 2. The van der Waals surface area contributed by atoms with Gasteiger partial charge in [0.2, 0.25) is 0 Å². The van der Waals surface area contributed by atoms with Crippen LogP contribution >= 0.6 is 0 Å². The van der Waals surface area contributed by atoms with Gasteiger partial charge in [-0.05, 0) is 51.7 Å². The van der Waals surface area contributed by atoms with Crippen LogP contribution in [0.2, 0.25) is 0 Å². The van der Waals surface area contributed by atoms with E-state index < -0.39 is 11.4 Å². The summed E-state index contributed by atoms with van der Waals surface area (Å²) in [7, 11) is 2.12. The lowest BCUT2D eigenvalue weighted by Gasteiger charge is -2.29. The van der Waals surface area contributed by atoms with Crippen molar-refractivity contribution in [3.05, 3.63) is 0 Å². The predicted molar refractivity (Wildman–Crippen MR) is 80.2 cm³/mol. The largest absolute Gasteiger partial charge is 0.481 e. The Bertz CT molecular complexity index is 394. The van der Waals surface area contributed by atoms with Crippen LogP contribution in [0.5, 0.6) is 0 Å². The molecule has 0 aromatic carbocycles. The number of nitrogens with one attached hydrogen (secondary N) is 1. The molecule has 0 aliphatic carbocycles. The number of carbonyl (C=O) groups excluding carboxylic acids is 1. The average molecular weight is 297 g/mol. The van der Waals surface area contributed by atoms with Gasteiger partial charge < -0.3 is 20.2 Å². The van der Waals surface area contributed by atoms with Gasteiger partial charge in [0.1, 0.15) is 0 Å². The normalized spacial score (nSPS) is 27.8. The average Bonchev–Trinajstić information content (AvgIpc) is 2.92. The van der Waals surface area contributed by atoms with Crippen molar-refractivity contribution in [3.63, 3.8) is 0 Å². The van der Waals surface area contributed by atoms with Gasteiger partial charge in [-0.1, -0.05) is 6.92 Å². The Balaban J connectivity index is 1.78. The molecule has 1 unspecified atom stereocenters. The topological polar surface area (TPSA) is 72.9 Å². The summed E-state index contributed by atoms with van der Waals surface area (Å²) in [6.07, 6.45) is 3.36. The molecule has 120 valence electrons. The monoisotopic (exact) mass is 297 g/mol. The Morgan fingerprint density at radius 2 is 1.95 bits per heavy atom. The molecule has 2 N–H and O–H groups in total. The first kappa shape index (κ1) is 16.1. The molecular weight excluding hydrogens is 270 g/mol. The molecule has 2 heterocycles. The van der Waals surface area contributed by atoms with Crippen molar-refractivity contribution in [2.75, 3.05) is 39.8 Å². The van der Waals surface area contributed by atoms with Crippen molar-refractivity contribution in [1.82, 2.24) is 15.1 Å². The number of amides is 2. The first-order valence-electron chi connectivity index (χ1n) is 7.91. The zero-order chi connectivity index (χ0) is 15.5. The van der Waals surface area contributed by atoms with Gasteiger partial charge in [-0.25, -0.2) is 4.79 Å². The molecule has 2 fully saturated rings. The molecule has 2 saturated heterocycles. The van der Waals surface area contributed by atoms with E-state index in [0.29, 0.717) is 38.4 Å². The maximum Gasteiger partial charge on any atom is 0.317 e. The zero-order valence-corrected chi connectivity index (χ0v) is 13.1. The van der Waals surface area contributed by atoms with Crippen molar-refractivity contribution in [2.24, 2.45) is 11.3 Å². The Morgan fingerprint density at radius 3 is 2.48 bits per heavy atom. The number of carboxylic acid groups (broad SMARTS) is 1. The van der Waals surface area contributed by atoms with Gasteiger partial charge in [0.15, 0.2) is 0 Å². The van der Waals surface area contributed by atoms with E-state index in [4.69, 9.17) is 0 Å². The molecule has 0 saturated carbocycles. The van der Waals surface area contributed by atoms with Crippen LogP contribution in [-0.4, -0.2) is 66.7 Å². The Hall–Kier alpha value is -1.30. The summed E-state index contributed by atoms with van der Waals surface area (Å²) in [6, 6.07) is -0.106. The van der Waals surface area contributed by atoms with E-state index in [1.807, 2.05) is 6.92 Å². The lowest BCUT2D eigenvalue weighted by Crippen LogP contribution is -2.44. The maximum atomic E-state index is 12.2. The molecular formula is C15H27N3O3. The number of aliphatic carboxylic acids is 1. The van der Waals surface area contributed by atoms with E-state index in [1.165, 1.54) is 0 Å². The second-order valence-electron chi connectivity index (χ2n) is 6.54. The molecule has 2 aliphatic rings. The molecule has 0 aromatic heterocycles. The van der Waals surface area contributed by atoms with Gasteiger partial charge in [-0.15, -0.1) is 0 Å². The van der Waals surface area contributed by atoms with E-state index in [9.17, 15) is 14.7 Å². The summed E-state index contributed by atoms with van der Waals surface area (Å²) in [5, 5.41) is 12.3. The van der Waals surface area contributed by atoms with Crippen LogP contribution in [0.4, 0.5) is 4.79 Å². The van der Waals surface area contributed by atoms with E-state index in [-0.39, 0.29) is 6.03 Å². The number of rotatable bonds is 4. The third kappa shape index (κ3) is 3.67. The quantitative estimate of drug-likeness (QED) is 0.818. The molecule has 6 nitrogen and oxygen atoms in total. The van der Waals surface area contributed by atoms with Crippen molar-refractivity contribution in [1.29, 1.82) is 0 Å². The third-order valence-corrected chi connectivity index (χ3v) is 5.15. The maximum absolute atomic E-state index is 12.2. The van der Waals surface area contributed by atoms with Gasteiger partial charge in [-0.2, -0.15) is 0 Å². The Kier molecular flexibility index (Phi) is 5.08. The minimum Gasteiger partial charge on any atom is -0.481 e. The standard InChI is InChI=1S/C15H27N3O3/c1-3-15(13(19)20)6-9-18(11-15)14(21)16-10-12-4-7-17(2)8-5-12/h12H,3-11H2,1-2H3,(H,16,21)(H,19,20). The summed E-state index contributed by atoms with van der Waals surface area (Å²) in [5.41, 5.74) is -0.745. The highest BCUT2D eigenvalue weighted by Crippen LogP contribution is 2.34. The van der Waals surface area contributed by atoms with Gasteiger partial charge in [0.05, 0.1) is 5.41 Å². The van der Waals surface area contributed by atoms with Crippen LogP contribution in [0, 0.1) is 11.3 Å².